The number of aryl methyl sites for hydroxylation is 1. The van der Waals surface area contributed by atoms with Crippen molar-refractivity contribution in [2.24, 2.45) is 7.05 Å². The molecule has 5 heteroatoms. The van der Waals surface area contributed by atoms with Gasteiger partial charge in [0.1, 0.15) is 5.75 Å². The zero-order chi connectivity index (χ0) is 18.5. The van der Waals surface area contributed by atoms with Crippen molar-refractivity contribution in [2.75, 3.05) is 5.32 Å². The zero-order valence-electron chi connectivity index (χ0n) is 14.2. The van der Waals surface area contributed by atoms with Crippen molar-refractivity contribution in [1.29, 1.82) is 0 Å². The van der Waals surface area contributed by atoms with Crippen molar-refractivity contribution in [3.63, 3.8) is 0 Å². The molecule has 2 N–H and O–H groups in total. The van der Waals surface area contributed by atoms with Gasteiger partial charge in [-0.2, -0.15) is 0 Å². The Labute approximate surface area is 151 Å². The number of carbonyl (C=O) groups excluding carboxylic acids is 2. The lowest BCUT2D eigenvalue weighted by atomic mass is 10.1. The van der Waals surface area contributed by atoms with Crippen LogP contribution < -0.4 is 5.32 Å². The molecule has 0 aliphatic heterocycles. The van der Waals surface area contributed by atoms with Crippen LogP contribution in [0.3, 0.4) is 0 Å². The van der Waals surface area contributed by atoms with E-state index in [0.29, 0.717) is 16.8 Å². The second-order valence-corrected chi connectivity index (χ2v) is 5.80. The third-order valence-corrected chi connectivity index (χ3v) is 3.91. The lowest BCUT2D eigenvalue weighted by Crippen LogP contribution is -2.07. The van der Waals surface area contributed by atoms with E-state index in [4.69, 9.17) is 0 Å². The van der Waals surface area contributed by atoms with Crippen LogP contribution in [0.2, 0.25) is 0 Å². The Morgan fingerprint density at radius 1 is 1.00 bits per heavy atom. The van der Waals surface area contributed by atoms with Gasteiger partial charge in [0.2, 0.25) is 5.91 Å². The Morgan fingerprint density at radius 3 is 2.42 bits per heavy atom. The summed E-state index contributed by atoms with van der Waals surface area (Å²) >= 11 is 0. The molecule has 5 nitrogen and oxygen atoms in total. The number of hydrogen-bond acceptors (Lipinski definition) is 3. The van der Waals surface area contributed by atoms with E-state index in [9.17, 15) is 14.7 Å². The highest BCUT2D eigenvalue weighted by Gasteiger charge is 2.12. The lowest BCUT2D eigenvalue weighted by Gasteiger charge is -2.03. The molecule has 1 amide bonds. The second kappa shape index (κ2) is 7.53. The Balaban J connectivity index is 1.73. The quantitative estimate of drug-likeness (QED) is 0.421. The van der Waals surface area contributed by atoms with Crippen molar-refractivity contribution >= 4 is 23.5 Å². The predicted molar refractivity (Wildman–Crippen MR) is 101 cm³/mol. The smallest absolute Gasteiger partial charge is 0.248 e. The molecular weight excluding hydrogens is 328 g/mol. The highest BCUT2D eigenvalue weighted by atomic mass is 16.3. The minimum Gasteiger partial charge on any atom is -0.506 e. The molecule has 26 heavy (non-hydrogen) atoms. The number of carbonyl (C=O) groups is 2. The molecule has 2 aromatic carbocycles. The minimum absolute atomic E-state index is 0.00357. The van der Waals surface area contributed by atoms with Crippen LogP contribution in [0.4, 0.5) is 5.69 Å². The molecule has 0 saturated heterocycles. The number of amides is 1. The minimum atomic E-state index is -0.372. The molecule has 0 bridgehead atoms. The largest absolute Gasteiger partial charge is 0.506 e. The van der Waals surface area contributed by atoms with E-state index >= 15 is 0 Å². The summed E-state index contributed by atoms with van der Waals surface area (Å²) in [6.45, 7) is 0. The fourth-order valence-electron chi connectivity index (χ4n) is 2.54. The first-order valence-electron chi connectivity index (χ1n) is 8.08. The Bertz CT molecular complexity index is 972. The molecule has 0 unspecified atom stereocenters. The number of phenols is 1. The maximum absolute atomic E-state index is 12.5. The van der Waals surface area contributed by atoms with Gasteiger partial charge >= 0.3 is 0 Å². The maximum Gasteiger partial charge on any atom is 0.248 e. The van der Waals surface area contributed by atoms with Crippen LogP contribution in [0.1, 0.15) is 21.6 Å². The molecular formula is C21H18N2O3. The van der Waals surface area contributed by atoms with Crippen LogP contribution in [0.15, 0.2) is 72.9 Å². The normalized spacial score (nSPS) is 10.8. The third kappa shape index (κ3) is 3.89. The first-order chi connectivity index (χ1) is 12.5. The van der Waals surface area contributed by atoms with Gasteiger partial charge in [-0.15, -0.1) is 0 Å². The lowest BCUT2D eigenvalue weighted by molar-refractivity contribution is -0.111. The predicted octanol–water partition coefficient (Wildman–Crippen LogP) is 3.61. The Morgan fingerprint density at radius 2 is 1.69 bits per heavy atom. The van der Waals surface area contributed by atoms with E-state index < -0.39 is 0 Å². The first-order valence-corrected chi connectivity index (χ1v) is 8.08. The van der Waals surface area contributed by atoms with E-state index in [1.54, 1.807) is 53.2 Å². The van der Waals surface area contributed by atoms with E-state index in [1.807, 2.05) is 25.2 Å². The number of rotatable bonds is 5. The van der Waals surface area contributed by atoms with Crippen molar-refractivity contribution in [1.82, 2.24) is 4.57 Å². The number of hydrogen-bond donors (Lipinski definition) is 2. The fourth-order valence-corrected chi connectivity index (χ4v) is 2.54. The van der Waals surface area contributed by atoms with Crippen molar-refractivity contribution in [3.05, 3.63) is 89.8 Å². The second-order valence-electron chi connectivity index (χ2n) is 5.80. The van der Waals surface area contributed by atoms with Gasteiger partial charge in [0.15, 0.2) is 5.78 Å². The van der Waals surface area contributed by atoms with Gasteiger partial charge in [-0.3, -0.25) is 9.59 Å². The van der Waals surface area contributed by atoms with Crippen LogP contribution in [-0.4, -0.2) is 21.4 Å². The monoisotopic (exact) mass is 346 g/mol. The molecule has 0 atom stereocenters. The summed E-state index contributed by atoms with van der Waals surface area (Å²) in [5.74, 6) is -0.438. The summed E-state index contributed by atoms with van der Waals surface area (Å²) in [6.07, 6.45) is 4.71. The standard InChI is InChI=1S/C21H18N2O3/c1-23-14-16(21(26)15-7-3-2-4-8-15)13-17(23)11-12-20(25)22-18-9-5-6-10-19(18)24/h2-14,24H,1H3,(H,22,25)/b12-11+. The van der Waals surface area contributed by atoms with Gasteiger partial charge in [0.05, 0.1) is 5.69 Å². The van der Waals surface area contributed by atoms with E-state index in [0.717, 1.165) is 5.69 Å². The first kappa shape index (κ1) is 17.2. The van der Waals surface area contributed by atoms with Gasteiger partial charge in [-0.05, 0) is 24.3 Å². The van der Waals surface area contributed by atoms with E-state index in [-0.39, 0.29) is 17.4 Å². The van der Waals surface area contributed by atoms with Crippen LogP contribution in [0, 0.1) is 0 Å². The molecule has 3 rings (SSSR count). The van der Waals surface area contributed by atoms with Gasteiger partial charge in [-0.1, -0.05) is 42.5 Å². The summed E-state index contributed by atoms with van der Waals surface area (Å²) in [6, 6.07) is 17.3. The van der Waals surface area contributed by atoms with Crippen LogP contribution in [0.5, 0.6) is 5.75 Å². The number of benzene rings is 2. The Kier molecular flexibility index (Phi) is 4.99. The van der Waals surface area contributed by atoms with Crippen molar-refractivity contribution in [2.45, 2.75) is 0 Å². The highest BCUT2D eigenvalue weighted by molar-refractivity contribution is 6.09. The number of aromatic nitrogens is 1. The summed E-state index contributed by atoms with van der Waals surface area (Å²) in [5.41, 5.74) is 2.23. The number of anilines is 1. The number of para-hydroxylation sites is 2. The van der Waals surface area contributed by atoms with Crippen LogP contribution in [0.25, 0.3) is 6.08 Å². The number of nitrogens with one attached hydrogen (secondary N) is 1. The fraction of sp³-hybridized carbons (Fsp3) is 0.0476. The number of nitrogens with zero attached hydrogens (tertiary/aromatic N) is 1. The summed E-state index contributed by atoms with van der Waals surface area (Å²) < 4.78 is 1.78. The van der Waals surface area contributed by atoms with Crippen molar-refractivity contribution in [3.8, 4) is 5.75 Å². The van der Waals surface area contributed by atoms with Gasteiger partial charge in [0.25, 0.3) is 0 Å². The molecule has 0 radical (unpaired) electrons. The molecule has 0 aliphatic rings. The molecule has 1 aromatic heterocycles. The summed E-state index contributed by atoms with van der Waals surface area (Å²) in [5, 5.41) is 12.3. The number of aromatic hydroxyl groups is 1. The maximum atomic E-state index is 12.5. The summed E-state index contributed by atoms with van der Waals surface area (Å²) in [4.78, 5) is 24.5. The zero-order valence-corrected chi connectivity index (χ0v) is 14.2. The molecule has 0 saturated carbocycles. The topological polar surface area (TPSA) is 71.3 Å². The molecule has 0 aliphatic carbocycles. The number of ketones is 1. The van der Waals surface area contributed by atoms with Crippen LogP contribution in [-0.2, 0) is 11.8 Å². The Hall–Kier alpha value is -3.60. The van der Waals surface area contributed by atoms with Gasteiger partial charge < -0.3 is 15.0 Å². The molecule has 0 fully saturated rings. The van der Waals surface area contributed by atoms with Gasteiger partial charge in [-0.25, -0.2) is 0 Å². The third-order valence-electron chi connectivity index (χ3n) is 3.91. The van der Waals surface area contributed by atoms with E-state index in [1.165, 1.54) is 12.1 Å². The van der Waals surface area contributed by atoms with Crippen molar-refractivity contribution < 1.29 is 14.7 Å². The van der Waals surface area contributed by atoms with Crippen LogP contribution >= 0.6 is 0 Å². The summed E-state index contributed by atoms with van der Waals surface area (Å²) in [7, 11) is 1.81. The van der Waals surface area contributed by atoms with Gasteiger partial charge in [0, 0.05) is 36.1 Å². The average molecular weight is 346 g/mol. The SMILES string of the molecule is Cn1cc(C(=O)c2ccccc2)cc1/C=C/C(=O)Nc1ccccc1O. The average Bonchev–Trinajstić information content (AvgIpc) is 3.03. The molecule has 0 spiro atoms. The molecule has 130 valence electrons. The molecule has 1 heterocycles. The van der Waals surface area contributed by atoms with E-state index in [2.05, 4.69) is 5.32 Å². The highest BCUT2D eigenvalue weighted by Crippen LogP contribution is 2.21. The molecule has 3 aromatic rings. The number of phenolic OH excluding ortho intramolecular Hbond substituents is 1.